The van der Waals surface area contributed by atoms with Crippen LogP contribution < -0.4 is 5.32 Å². The van der Waals surface area contributed by atoms with E-state index in [1.54, 1.807) is 0 Å². The van der Waals surface area contributed by atoms with Gasteiger partial charge in [0.1, 0.15) is 5.60 Å². The van der Waals surface area contributed by atoms with Gasteiger partial charge in [0.15, 0.2) is 0 Å². The van der Waals surface area contributed by atoms with E-state index in [1.807, 2.05) is 25.7 Å². The van der Waals surface area contributed by atoms with Gasteiger partial charge in [0.2, 0.25) is 0 Å². The second-order valence-electron chi connectivity index (χ2n) is 6.86. The molecule has 4 nitrogen and oxygen atoms in total. The molecule has 0 aromatic rings. The molecule has 4 heteroatoms. The molecule has 2 fully saturated rings. The van der Waals surface area contributed by atoms with Gasteiger partial charge >= 0.3 is 6.09 Å². The molecule has 1 N–H and O–H groups in total. The first kappa shape index (κ1) is 14.6. The fraction of sp³-hybridized carbons (Fsp3) is 0.933. The summed E-state index contributed by atoms with van der Waals surface area (Å²) < 4.78 is 5.58. The minimum Gasteiger partial charge on any atom is -0.444 e. The molecular weight excluding hydrogens is 240 g/mol. The quantitative estimate of drug-likeness (QED) is 0.855. The number of nitrogens with one attached hydrogen (secondary N) is 1. The highest BCUT2D eigenvalue weighted by atomic mass is 16.6. The smallest absolute Gasteiger partial charge is 0.410 e. The van der Waals surface area contributed by atoms with E-state index in [1.165, 1.54) is 25.7 Å². The van der Waals surface area contributed by atoms with Gasteiger partial charge in [-0.3, -0.25) is 0 Å². The Morgan fingerprint density at radius 2 is 1.89 bits per heavy atom. The van der Waals surface area contributed by atoms with Gasteiger partial charge in [-0.2, -0.15) is 0 Å². The van der Waals surface area contributed by atoms with Gasteiger partial charge in [0.05, 0.1) is 0 Å². The lowest BCUT2D eigenvalue weighted by atomic mass is 10.1. The Bertz CT molecular complexity index is 300. The van der Waals surface area contributed by atoms with Crippen molar-refractivity contribution in [2.24, 2.45) is 0 Å². The largest absolute Gasteiger partial charge is 0.444 e. The lowest BCUT2D eigenvalue weighted by Crippen LogP contribution is -2.47. The zero-order valence-electron chi connectivity index (χ0n) is 12.6. The topological polar surface area (TPSA) is 41.6 Å². The molecule has 1 atom stereocenters. The maximum absolute atomic E-state index is 12.4. The first-order chi connectivity index (χ1) is 8.96. The number of ether oxygens (including phenoxy) is 1. The molecule has 1 unspecified atom stereocenters. The van der Waals surface area contributed by atoms with Gasteiger partial charge in [-0.05, 0) is 53.0 Å². The summed E-state index contributed by atoms with van der Waals surface area (Å²) in [6.45, 7) is 7.69. The van der Waals surface area contributed by atoms with Crippen LogP contribution in [-0.2, 0) is 4.74 Å². The highest BCUT2D eigenvalue weighted by Gasteiger charge is 2.32. The Balaban J connectivity index is 1.97. The number of nitrogens with zero attached hydrogens (tertiary/aromatic N) is 1. The Hall–Kier alpha value is -0.770. The van der Waals surface area contributed by atoms with Gasteiger partial charge in [-0.15, -0.1) is 0 Å². The van der Waals surface area contributed by atoms with Crippen molar-refractivity contribution in [2.75, 3.05) is 13.1 Å². The van der Waals surface area contributed by atoms with Crippen LogP contribution in [-0.4, -0.2) is 41.8 Å². The summed E-state index contributed by atoms with van der Waals surface area (Å²) in [5.74, 6) is 0. The van der Waals surface area contributed by atoms with E-state index >= 15 is 0 Å². The van der Waals surface area contributed by atoms with E-state index in [4.69, 9.17) is 4.74 Å². The predicted octanol–water partition coefficient (Wildman–Crippen LogP) is 2.92. The van der Waals surface area contributed by atoms with Crippen molar-refractivity contribution in [3.05, 3.63) is 0 Å². The molecule has 1 aliphatic carbocycles. The third-order valence-corrected chi connectivity index (χ3v) is 3.97. The molecule has 1 aliphatic heterocycles. The zero-order valence-corrected chi connectivity index (χ0v) is 12.6. The van der Waals surface area contributed by atoms with Gasteiger partial charge < -0.3 is 15.0 Å². The summed E-state index contributed by atoms with van der Waals surface area (Å²) in [7, 11) is 0. The van der Waals surface area contributed by atoms with Gasteiger partial charge in [0.25, 0.3) is 0 Å². The van der Waals surface area contributed by atoms with E-state index in [2.05, 4.69) is 5.32 Å². The first-order valence-corrected chi connectivity index (χ1v) is 7.69. The van der Waals surface area contributed by atoms with Crippen LogP contribution in [0, 0.1) is 0 Å². The molecule has 1 heterocycles. The van der Waals surface area contributed by atoms with Crippen molar-refractivity contribution < 1.29 is 9.53 Å². The summed E-state index contributed by atoms with van der Waals surface area (Å²) in [4.78, 5) is 14.4. The predicted molar refractivity (Wildman–Crippen MR) is 76.2 cm³/mol. The number of carbonyl (C=O) groups is 1. The molecule has 0 radical (unpaired) electrons. The van der Waals surface area contributed by atoms with Crippen LogP contribution in [0.2, 0.25) is 0 Å². The number of hydrogen-bond acceptors (Lipinski definition) is 3. The second-order valence-corrected chi connectivity index (χ2v) is 6.86. The standard InChI is InChI=1S/C15H28N2O2/c1-15(2,3)19-14(18)17(13-8-4-5-9-13)11-12-7-6-10-16-12/h12-13,16H,4-11H2,1-3H3. The summed E-state index contributed by atoms with van der Waals surface area (Å²) >= 11 is 0. The van der Waals surface area contributed by atoms with Crippen LogP contribution in [0.3, 0.4) is 0 Å². The Labute approximate surface area is 116 Å². The maximum Gasteiger partial charge on any atom is 0.410 e. The average molecular weight is 268 g/mol. The molecule has 110 valence electrons. The molecule has 0 bridgehead atoms. The summed E-state index contributed by atoms with van der Waals surface area (Å²) in [5.41, 5.74) is -0.406. The molecule has 1 saturated carbocycles. The summed E-state index contributed by atoms with van der Waals surface area (Å²) in [6, 6.07) is 0.838. The van der Waals surface area contributed by atoms with Crippen LogP contribution >= 0.6 is 0 Å². The third kappa shape index (κ3) is 4.37. The van der Waals surface area contributed by atoms with E-state index < -0.39 is 5.60 Å². The fourth-order valence-electron chi connectivity index (χ4n) is 3.06. The van der Waals surface area contributed by atoms with Crippen LogP contribution in [0.15, 0.2) is 0 Å². The van der Waals surface area contributed by atoms with Crippen molar-refractivity contribution in [1.82, 2.24) is 10.2 Å². The van der Waals surface area contributed by atoms with Crippen molar-refractivity contribution in [1.29, 1.82) is 0 Å². The number of carbonyl (C=O) groups excluding carboxylic acids is 1. The molecule has 0 spiro atoms. The molecule has 0 aromatic heterocycles. The number of hydrogen-bond donors (Lipinski definition) is 1. The average Bonchev–Trinajstić information content (AvgIpc) is 2.96. The Kier molecular flexibility index (Phi) is 4.71. The highest BCUT2D eigenvalue weighted by molar-refractivity contribution is 5.68. The van der Waals surface area contributed by atoms with Crippen LogP contribution in [0.5, 0.6) is 0 Å². The normalized spacial score (nSPS) is 24.7. The lowest BCUT2D eigenvalue weighted by molar-refractivity contribution is 0.0147. The van der Waals surface area contributed by atoms with Gasteiger partial charge in [-0.1, -0.05) is 12.8 Å². The van der Waals surface area contributed by atoms with E-state index in [0.29, 0.717) is 12.1 Å². The molecular formula is C15H28N2O2. The SMILES string of the molecule is CC(C)(C)OC(=O)N(CC1CCCN1)C1CCCC1. The Morgan fingerprint density at radius 3 is 2.42 bits per heavy atom. The van der Waals surface area contributed by atoms with Crippen molar-refractivity contribution >= 4 is 6.09 Å². The van der Waals surface area contributed by atoms with Crippen LogP contribution in [0.4, 0.5) is 4.79 Å². The molecule has 2 rings (SSSR count). The molecule has 1 saturated heterocycles. The van der Waals surface area contributed by atoms with Crippen molar-refractivity contribution in [2.45, 2.75) is 77.0 Å². The summed E-state index contributed by atoms with van der Waals surface area (Å²) in [5, 5.41) is 3.48. The minimum atomic E-state index is -0.406. The first-order valence-electron chi connectivity index (χ1n) is 7.69. The zero-order chi connectivity index (χ0) is 13.9. The van der Waals surface area contributed by atoms with Gasteiger partial charge in [0, 0.05) is 18.6 Å². The maximum atomic E-state index is 12.4. The van der Waals surface area contributed by atoms with Gasteiger partial charge in [-0.25, -0.2) is 4.79 Å². The monoisotopic (exact) mass is 268 g/mol. The van der Waals surface area contributed by atoms with Crippen molar-refractivity contribution in [3.63, 3.8) is 0 Å². The number of rotatable bonds is 3. The minimum absolute atomic E-state index is 0.131. The molecule has 19 heavy (non-hydrogen) atoms. The Morgan fingerprint density at radius 1 is 1.21 bits per heavy atom. The van der Waals surface area contributed by atoms with Crippen LogP contribution in [0.25, 0.3) is 0 Å². The number of amides is 1. The lowest BCUT2D eigenvalue weighted by Gasteiger charge is -2.33. The highest BCUT2D eigenvalue weighted by Crippen LogP contribution is 2.26. The van der Waals surface area contributed by atoms with E-state index in [9.17, 15) is 4.79 Å². The van der Waals surface area contributed by atoms with Crippen molar-refractivity contribution in [3.8, 4) is 0 Å². The van der Waals surface area contributed by atoms with Crippen LogP contribution in [0.1, 0.15) is 59.3 Å². The third-order valence-electron chi connectivity index (χ3n) is 3.97. The summed E-state index contributed by atoms with van der Waals surface area (Å²) in [6.07, 6.45) is 7.00. The van der Waals surface area contributed by atoms with E-state index in [-0.39, 0.29) is 6.09 Å². The van der Waals surface area contributed by atoms with E-state index in [0.717, 1.165) is 25.9 Å². The fourth-order valence-corrected chi connectivity index (χ4v) is 3.06. The molecule has 2 aliphatic rings. The molecule has 1 amide bonds. The second kappa shape index (κ2) is 6.12. The molecule has 0 aromatic carbocycles.